The zero-order valence-electron chi connectivity index (χ0n) is 17.4. The van der Waals surface area contributed by atoms with Crippen LogP contribution >= 0.6 is 0 Å². The molecule has 1 aliphatic rings. The summed E-state index contributed by atoms with van der Waals surface area (Å²) in [5.74, 6) is 0. The summed E-state index contributed by atoms with van der Waals surface area (Å²) in [6.45, 7) is 4.72. The second kappa shape index (κ2) is 9.92. The summed E-state index contributed by atoms with van der Waals surface area (Å²) in [5, 5.41) is 2.94. The number of hydrogen-bond acceptors (Lipinski definition) is 0. The van der Waals surface area contributed by atoms with Crippen LogP contribution in [0.4, 0.5) is 0 Å². The molecule has 0 radical (unpaired) electrons. The van der Waals surface area contributed by atoms with Gasteiger partial charge in [-0.15, -0.1) is 34.5 Å². The molecule has 144 valence electrons. The van der Waals surface area contributed by atoms with Crippen molar-refractivity contribution in [2.45, 2.75) is 52.4 Å². The predicted octanol–water partition coefficient (Wildman–Crippen LogP) is 7.15. The molecule has 0 fully saturated rings. The summed E-state index contributed by atoms with van der Waals surface area (Å²) in [6.07, 6.45) is 7.40. The zero-order chi connectivity index (χ0) is 16.6. The molecular weight excluding hydrogens is 491 g/mol. The number of aryl methyl sites for hydroxylation is 2. The van der Waals surface area contributed by atoms with Gasteiger partial charge in [0.2, 0.25) is 0 Å². The molecule has 1 heteroatoms. The van der Waals surface area contributed by atoms with E-state index in [1.165, 1.54) is 47.6 Å². The summed E-state index contributed by atoms with van der Waals surface area (Å²) in [4.78, 5) is 0. The van der Waals surface area contributed by atoms with Crippen LogP contribution in [-0.4, -0.2) is 0 Å². The minimum atomic E-state index is 0. The molecular formula is C26H33Hf-3. The molecule has 0 nitrogen and oxygen atoms in total. The Balaban J connectivity index is 0.00000121. The monoisotopic (exact) mass is 525 g/mol. The zero-order valence-corrected chi connectivity index (χ0v) is 21.0. The van der Waals surface area contributed by atoms with Crippen molar-refractivity contribution >= 4 is 10.8 Å². The van der Waals surface area contributed by atoms with E-state index in [2.05, 4.69) is 68.4 Å². The predicted molar refractivity (Wildman–Crippen MR) is 117 cm³/mol. The summed E-state index contributed by atoms with van der Waals surface area (Å²) in [6, 6.07) is 20.5. The summed E-state index contributed by atoms with van der Waals surface area (Å²) in [5.41, 5.74) is 6.68. The quantitative estimate of drug-likeness (QED) is 0.246. The van der Waals surface area contributed by atoms with E-state index in [0.717, 1.165) is 12.8 Å². The summed E-state index contributed by atoms with van der Waals surface area (Å²) in [7, 11) is 0. The molecule has 0 saturated heterocycles. The Morgan fingerprint density at radius 2 is 1.52 bits per heavy atom. The van der Waals surface area contributed by atoms with Crippen molar-refractivity contribution < 1.29 is 25.8 Å². The molecule has 1 aliphatic carbocycles. The number of fused-ring (bicyclic) bond motifs is 2. The maximum Gasteiger partial charge on any atom is 0 e. The molecule has 27 heavy (non-hydrogen) atoms. The average Bonchev–Trinajstić information content (AvgIpc) is 3.19. The van der Waals surface area contributed by atoms with Crippen molar-refractivity contribution in [3.05, 3.63) is 91.7 Å². The van der Waals surface area contributed by atoms with E-state index in [0.29, 0.717) is 5.41 Å². The van der Waals surface area contributed by atoms with Crippen molar-refractivity contribution in [2.24, 2.45) is 5.41 Å². The Labute approximate surface area is 185 Å². The van der Waals surface area contributed by atoms with Gasteiger partial charge in [0.1, 0.15) is 0 Å². The standard InChI is InChI=1S/C24H27.2CH3.Hf/c1-3-24(4-2)16-21-14-20-13-12-19(23(20)15-22(21)17-24)11-10-18-8-6-5-7-9-18;;;/h5-9,12-15H,3-4,10-11,16-17H2,1-2H3;2*1H3;/q3*-1;. The first-order valence-corrected chi connectivity index (χ1v) is 9.47. The summed E-state index contributed by atoms with van der Waals surface area (Å²) >= 11 is 0. The fourth-order valence-corrected chi connectivity index (χ4v) is 4.50. The van der Waals surface area contributed by atoms with E-state index in [1.807, 2.05) is 0 Å². The van der Waals surface area contributed by atoms with Gasteiger partial charge in [0.05, 0.1) is 0 Å². The molecule has 0 aromatic heterocycles. The van der Waals surface area contributed by atoms with Gasteiger partial charge >= 0.3 is 0 Å². The number of rotatable bonds is 5. The molecule has 0 bridgehead atoms. The van der Waals surface area contributed by atoms with Crippen LogP contribution in [0.1, 0.15) is 48.9 Å². The van der Waals surface area contributed by atoms with E-state index in [4.69, 9.17) is 0 Å². The van der Waals surface area contributed by atoms with Crippen LogP contribution < -0.4 is 0 Å². The third-order valence-electron chi connectivity index (χ3n) is 6.34. The SMILES string of the molecule is CCC1(CC)Cc2cc3cc[c-](CCc4ccccc4)c3cc2C1.[CH3-].[CH3-].[Hf]. The molecule has 0 spiro atoms. The van der Waals surface area contributed by atoms with E-state index in [9.17, 15) is 0 Å². The van der Waals surface area contributed by atoms with Crippen LogP contribution in [0.15, 0.2) is 54.6 Å². The molecule has 0 heterocycles. The third-order valence-corrected chi connectivity index (χ3v) is 6.34. The van der Waals surface area contributed by atoms with E-state index >= 15 is 0 Å². The molecule has 0 unspecified atom stereocenters. The minimum Gasteiger partial charge on any atom is -0.358 e. The minimum absolute atomic E-state index is 0. The Hall–Kier alpha value is -1.08. The van der Waals surface area contributed by atoms with Crippen molar-refractivity contribution in [2.75, 3.05) is 0 Å². The Bertz CT molecular complexity index is 837. The van der Waals surface area contributed by atoms with Gasteiger partial charge in [0.15, 0.2) is 0 Å². The van der Waals surface area contributed by atoms with Crippen LogP contribution in [0.3, 0.4) is 0 Å². The molecule has 0 N–H and O–H groups in total. The van der Waals surface area contributed by atoms with Crippen molar-refractivity contribution in [3.63, 3.8) is 0 Å². The fourth-order valence-electron chi connectivity index (χ4n) is 4.50. The van der Waals surface area contributed by atoms with Gasteiger partial charge in [-0.2, -0.15) is 6.07 Å². The molecule has 4 rings (SSSR count). The molecule has 0 atom stereocenters. The fraction of sp³-hybridized carbons (Fsp3) is 0.346. The van der Waals surface area contributed by atoms with Gasteiger partial charge < -0.3 is 14.9 Å². The number of hydrogen-bond donors (Lipinski definition) is 0. The van der Waals surface area contributed by atoms with Gasteiger partial charge in [0.25, 0.3) is 0 Å². The molecule has 3 aromatic rings. The Morgan fingerprint density at radius 3 is 2.15 bits per heavy atom. The van der Waals surface area contributed by atoms with Crippen molar-refractivity contribution in [1.29, 1.82) is 0 Å². The number of benzene rings is 2. The molecule has 0 aliphatic heterocycles. The largest absolute Gasteiger partial charge is 0.358 e. The molecule has 3 aromatic carbocycles. The maximum atomic E-state index is 2.51. The van der Waals surface area contributed by atoms with Crippen LogP contribution in [0.25, 0.3) is 10.8 Å². The third kappa shape index (κ3) is 4.67. The Morgan fingerprint density at radius 1 is 0.889 bits per heavy atom. The van der Waals surface area contributed by atoms with Gasteiger partial charge in [-0.3, -0.25) is 0 Å². The van der Waals surface area contributed by atoms with Gasteiger partial charge in [0, 0.05) is 25.8 Å². The van der Waals surface area contributed by atoms with Crippen molar-refractivity contribution in [3.8, 4) is 0 Å². The maximum absolute atomic E-state index is 2.51. The smallest absolute Gasteiger partial charge is 0 e. The van der Waals surface area contributed by atoms with Crippen LogP contribution in [-0.2, 0) is 51.5 Å². The van der Waals surface area contributed by atoms with Crippen LogP contribution in [0, 0.1) is 20.3 Å². The first-order valence-electron chi connectivity index (χ1n) is 9.47. The van der Waals surface area contributed by atoms with E-state index in [1.54, 1.807) is 11.1 Å². The molecule has 0 amide bonds. The Kier molecular flexibility index (Phi) is 8.80. The average molecular weight is 524 g/mol. The second-order valence-electron chi connectivity index (χ2n) is 7.61. The van der Waals surface area contributed by atoms with Crippen LogP contribution in [0.5, 0.6) is 0 Å². The summed E-state index contributed by atoms with van der Waals surface area (Å²) < 4.78 is 0. The topological polar surface area (TPSA) is 0 Å². The second-order valence-corrected chi connectivity index (χ2v) is 7.61. The first-order chi connectivity index (χ1) is 11.7. The van der Waals surface area contributed by atoms with Crippen molar-refractivity contribution in [1.82, 2.24) is 0 Å². The molecule has 0 saturated carbocycles. The first kappa shape index (κ1) is 24.0. The van der Waals surface area contributed by atoms with Crippen LogP contribution in [0.2, 0.25) is 0 Å². The van der Waals surface area contributed by atoms with Gasteiger partial charge in [-0.25, -0.2) is 0 Å². The van der Waals surface area contributed by atoms with E-state index in [-0.39, 0.29) is 40.7 Å². The normalized spacial score (nSPS) is 14.0. The van der Waals surface area contributed by atoms with E-state index < -0.39 is 0 Å². The van der Waals surface area contributed by atoms with Gasteiger partial charge in [-0.1, -0.05) is 61.7 Å². The van der Waals surface area contributed by atoms with Gasteiger partial charge in [-0.05, 0) is 43.1 Å².